The highest BCUT2D eigenvalue weighted by molar-refractivity contribution is 5.80. The summed E-state index contributed by atoms with van der Waals surface area (Å²) in [5, 5.41) is 18.7. The summed E-state index contributed by atoms with van der Waals surface area (Å²) < 4.78 is 5.40. The van der Waals surface area contributed by atoms with E-state index in [9.17, 15) is 5.11 Å². The van der Waals surface area contributed by atoms with E-state index in [-0.39, 0.29) is 0 Å². The van der Waals surface area contributed by atoms with Gasteiger partial charge in [-0.3, -0.25) is 4.99 Å². The summed E-state index contributed by atoms with van der Waals surface area (Å²) >= 11 is 0. The Bertz CT molecular complexity index is 606. The monoisotopic (exact) mass is 268 g/mol. The molecule has 0 radical (unpaired) electrons. The van der Waals surface area contributed by atoms with Crippen LogP contribution in [-0.4, -0.2) is 31.1 Å². The summed E-state index contributed by atoms with van der Waals surface area (Å²) in [6.07, 6.45) is 1.06. The maximum atomic E-state index is 9.89. The second kappa shape index (κ2) is 6.29. The van der Waals surface area contributed by atoms with Crippen LogP contribution >= 0.6 is 0 Å². The molecule has 1 aliphatic rings. The van der Waals surface area contributed by atoms with Crippen molar-refractivity contribution in [1.29, 1.82) is 5.26 Å². The molecule has 0 aliphatic carbocycles. The SMILES string of the molecule is C=N/C=C(\C1=C(C)C(O)COC1)c1ccc(C#N)cc1. The van der Waals surface area contributed by atoms with Crippen LogP contribution in [0.3, 0.4) is 0 Å². The first-order valence-electron chi connectivity index (χ1n) is 6.29. The highest BCUT2D eigenvalue weighted by atomic mass is 16.5. The first-order valence-corrected chi connectivity index (χ1v) is 6.29. The summed E-state index contributed by atoms with van der Waals surface area (Å²) in [6.45, 7) is 6.14. The Kier molecular flexibility index (Phi) is 4.46. The van der Waals surface area contributed by atoms with Gasteiger partial charge in [0, 0.05) is 11.8 Å². The van der Waals surface area contributed by atoms with Crippen LogP contribution in [0.5, 0.6) is 0 Å². The topological polar surface area (TPSA) is 65.6 Å². The molecule has 1 N–H and O–H groups in total. The van der Waals surface area contributed by atoms with E-state index in [1.807, 2.05) is 19.1 Å². The van der Waals surface area contributed by atoms with E-state index in [2.05, 4.69) is 17.8 Å². The molecule has 0 fully saturated rings. The summed E-state index contributed by atoms with van der Waals surface area (Å²) in [6, 6.07) is 9.31. The van der Waals surface area contributed by atoms with Crippen molar-refractivity contribution in [2.45, 2.75) is 13.0 Å². The lowest BCUT2D eigenvalue weighted by atomic mass is 9.92. The van der Waals surface area contributed by atoms with Gasteiger partial charge in [0.15, 0.2) is 0 Å². The predicted molar refractivity (Wildman–Crippen MR) is 78.2 cm³/mol. The molecule has 1 heterocycles. The largest absolute Gasteiger partial charge is 0.386 e. The van der Waals surface area contributed by atoms with E-state index < -0.39 is 6.10 Å². The van der Waals surface area contributed by atoms with Crippen molar-refractivity contribution >= 4 is 12.3 Å². The zero-order chi connectivity index (χ0) is 14.5. The predicted octanol–water partition coefficient (Wildman–Crippen LogP) is 2.31. The van der Waals surface area contributed by atoms with Crippen LogP contribution in [0.1, 0.15) is 18.1 Å². The van der Waals surface area contributed by atoms with Gasteiger partial charge < -0.3 is 9.84 Å². The van der Waals surface area contributed by atoms with E-state index in [1.165, 1.54) is 0 Å². The zero-order valence-electron chi connectivity index (χ0n) is 11.3. The Hall–Kier alpha value is -2.22. The Morgan fingerprint density at radius 1 is 1.50 bits per heavy atom. The second-order valence-corrected chi connectivity index (χ2v) is 4.61. The molecule has 0 spiro atoms. The van der Waals surface area contributed by atoms with Crippen molar-refractivity contribution < 1.29 is 9.84 Å². The normalized spacial score (nSPS) is 19.6. The number of rotatable bonds is 3. The lowest BCUT2D eigenvalue weighted by Gasteiger charge is -2.24. The van der Waals surface area contributed by atoms with Crippen LogP contribution < -0.4 is 0 Å². The van der Waals surface area contributed by atoms with Crippen molar-refractivity contribution in [2.24, 2.45) is 4.99 Å². The Balaban J connectivity index is 2.47. The third kappa shape index (κ3) is 2.85. The fourth-order valence-corrected chi connectivity index (χ4v) is 2.15. The number of aliphatic hydroxyl groups excluding tert-OH is 1. The highest BCUT2D eigenvalue weighted by Gasteiger charge is 2.21. The van der Waals surface area contributed by atoms with Crippen LogP contribution in [-0.2, 0) is 4.74 Å². The number of aliphatic imine (C=N–C) groups is 1. The molecule has 1 atom stereocenters. The molecule has 1 aromatic rings. The molecule has 0 saturated carbocycles. The van der Waals surface area contributed by atoms with Gasteiger partial charge in [-0.2, -0.15) is 5.26 Å². The fraction of sp³-hybridized carbons (Fsp3) is 0.250. The number of aliphatic hydroxyl groups is 1. The molecule has 1 aromatic carbocycles. The zero-order valence-corrected chi connectivity index (χ0v) is 11.3. The minimum absolute atomic E-state index is 0.317. The summed E-state index contributed by atoms with van der Waals surface area (Å²) in [5.41, 5.74) is 4.19. The van der Waals surface area contributed by atoms with Crippen LogP contribution in [0.2, 0.25) is 0 Å². The van der Waals surface area contributed by atoms with Crippen molar-refractivity contribution in [2.75, 3.05) is 13.2 Å². The van der Waals surface area contributed by atoms with Gasteiger partial charge >= 0.3 is 0 Å². The summed E-state index contributed by atoms with van der Waals surface area (Å²) in [4.78, 5) is 3.84. The lowest BCUT2D eigenvalue weighted by molar-refractivity contribution is 0.0518. The first-order chi connectivity index (χ1) is 9.67. The Morgan fingerprint density at radius 2 is 2.20 bits per heavy atom. The quantitative estimate of drug-likeness (QED) is 0.855. The molecule has 0 aromatic heterocycles. The van der Waals surface area contributed by atoms with E-state index in [4.69, 9.17) is 10.00 Å². The molecule has 4 nitrogen and oxygen atoms in total. The van der Waals surface area contributed by atoms with E-state index in [0.29, 0.717) is 18.8 Å². The Labute approximate surface area is 118 Å². The van der Waals surface area contributed by atoms with Crippen LogP contribution in [0, 0.1) is 11.3 Å². The third-order valence-corrected chi connectivity index (χ3v) is 3.37. The molecule has 0 bridgehead atoms. The minimum Gasteiger partial charge on any atom is -0.386 e. The van der Waals surface area contributed by atoms with Gasteiger partial charge in [0.25, 0.3) is 0 Å². The van der Waals surface area contributed by atoms with E-state index in [0.717, 1.165) is 22.3 Å². The van der Waals surface area contributed by atoms with Gasteiger partial charge in [0.2, 0.25) is 0 Å². The molecular formula is C16H16N2O2. The van der Waals surface area contributed by atoms with Crippen molar-refractivity contribution in [3.63, 3.8) is 0 Å². The Morgan fingerprint density at radius 3 is 2.80 bits per heavy atom. The number of ether oxygens (including phenoxy) is 1. The molecule has 0 saturated heterocycles. The average Bonchev–Trinajstić information content (AvgIpc) is 2.48. The molecule has 4 heteroatoms. The van der Waals surface area contributed by atoms with Crippen molar-refractivity contribution in [3.8, 4) is 6.07 Å². The molecule has 102 valence electrons. The maximum absolute atomic E-state index is 9.89. The van der Waals surface area contributed by atoms with E-state index in [1.54, 1.807) is 18.3 Å². The van der Waals surface area contributed by atoms with Gasteiger partial charge in [0.05, 0.1) is 31.0 Å². The minimum atomic E-state index is -0.592. The van der Waals surface area contributed by atoms with Crippen LogP contribution in [0.15, 0.2) is 46.6 Å². The third-order valence-electron chi connectivity index (χ3n) is 3.37. The van der Waals surface area contributed by atoms with Crippen molar-refractivity contribution in [1.82, 2.24) is 0 Å². The van der Waals surface area contributed by atoms with Gasteiger partial charge in [-0.15, -0.1) is 0 Å². The number of hydrogen-bond acceptors (Lipinski definition) is 4. The van der Waals surface area contributed by atoms with Gasteiger partial charge in [0.1, 0.15) is 0 Å². The fourth-order valence-electron chi connectivity index (χ4n) is 2.15. The standard InChI is InChI=1S/C16H16N2O2/c1-11-15(9-20-10-16(11)19)14(8-18-2)13-5-3-12(7-17)4-6-13/h3-6,8,16,19H,2,9-10H2,1H3/b14-8-. The smallest absolute Gasteiger partial charge is 0.0991 e. The molecule has 1 aliphatic heterocycles. The van der Waals surface area contributed by atoms with Gasteiger partial charge in [-0.25, -0.2) is 0 Å². The summed E-state index contributed by atoms with van der Waals surface area (Å²) in [7, 11) is 0. The highest BCUT2D eigenvalue weighted by Crippen LogP contribution is 2.30. The van der Waals surface area contributed by atoms with Crippen molar-refractivity contribution in [3.05, 3.63) is 52.7 Å². The molecule has 0 amide bonds. The van der Waals surface area contributed by atoms with Gasteiger partial charge in [-0.1, -0.05) is 12.1 Å². The number of hydrogen-bond donors (Lipinski definition) is 1. The number of benzene rings is 1. The summed E-state index contributed by atoms with van der Waals surface area (Å²) in [5.74, 6) is 0. The lowest BCUT2D eigenvalue weighted by Crippen LogP contribution is -2.25. The van der Waals surface area contributed by atoms with Gasteiger partial charge in [-0.05, 0) is 42.5 Å². The average molecular weight is 268 g/mol. The number of nitrogens with zero attached hydrogens (tertiary/aromatic N) is 2. The molecule has 20 heavy (non-hydrogen) atoms. The number of nitriles is 1. The van der Waals surface area contributed by atoms with E-state index >= 15 is 0 Å². The maximum Gasteiger partial charge on any atom is 0.0991 e. The molecule has 2 rings (SSSR count). The van der Waals surface area contributed by atoms with Crippen LogP contribution in [0.4, 0.5) is 0 Å². The van der Waals surface area contributed by atoms with Crippen LogP contribution in [0.25, 0.3) is 5.57 Å². The first kappa shape index (κ1) is 14.2. The molecular weight excluding hydrogens is 252 g/mol. The molecule has 1 unspecified atom stereocenters. The second-order valence-electron chi connectivity index (χ2n) is 4.61.